The molecular formula is C19H22ClN3O2S. The molecule has 3 rings (SSSR count). The highest BCUT2D eigenvalue weighted by molar-refractivity contribution is 7.84. The highest BCUT2D eigenvalue weighted by Gasteiger charge is 2.18. The third-order valence-corrected chi connectivity index (χ3v) is 5.67. The summed E-state index contributed by atoms with van der Waals surface area (Å²) in [5.41, 5.74) is 2.20. The van der Waals surface area contributed by atoms with Gasteiger partial charge in [-0.1, -0.05) is 11.6 Å². The zero-order chi connectivity index (χ0) is 18.7. The summed E-state index contributed by atoms with van der Waals surface area (Å²) in [5, 5.41) is 3.55. The van der Waals surface area contributed by atoms with E-state index in [0.717, 1.165) is 31.9 Å². The molecule has 1 atom stereocenters. The fourth-order valence-electron chi connectivity index (χ4n) is 2.92. The lowest BCUT2D eigenvalue weighted by atomic mass is 10.1. The molecule has 2 aromatic rings. The monoisotopic (exact) mass is 391 g/mol. The molecule has 1 fully saturated rings. The maximum absolute atomic E-state index is 12.6. The fourth-order valence-corrected chi connectivity index (χ4v) is 3.62. The first-order valence-corrected chi connectivity index (χ1v) is 10.4. The number of halogens is 1. The van der Waals surface area contributed by atoms with Crippen molar-refractivity contribution in [2.75, 3.05) is 49.7 Å². The van der Waals surface area contributed by atoms with Gasteiger partial charge in [-0.15, -0.1) is 0 Å². The number of hydrogen-bond acceptors (Lipinski definition) is 4. The van der Waals surface area contributed by atoms with Crippen molar-refractivity contribution in [1.82, 2.24) is 4.90 Å². The smallest absolute Gasteiger partial charge is 0.255 e. The molecule has 26 heavy (non-hydrogen) atoms. The molecule has 1 N–H and O–H groups in total. The van der Waals surface area contributed by atoms with E-state index in [1.165, 1.54) is 0 Å². The van der Waals surface area contributed by atoms with Crippen LogP contribution in [-0.4, -0.2) is 54.5 Å². The number of likely N-dealkylation sites (N-methyl/N-ethyl adjacent to an activating group) is 1. The van der Waals surface area contributed by atoms with Gasteiger partial charge in [-0.25, -0.2) is 0 Å². The van der Waals surface area contributed by atoms with Gasteiger partial charge in [0.25, 0.3) is 5.91 Å². The molecule has 2 aromatic carbocycles. The molecule has 5 nitrogen and oxygen atoms in total. The number of piperazine rings is 1. The molecule has 0 bridgehead atoms. The summed E-state index contributed by atoms with van der Waals surface area (Å²) in [6.07, 6.45) is 1.61. The molecule has 1 aliphatic heterocycles. The van der Waals surface area contributed by atoms with Gasteiger partial charge in [-0.05, 0) is 49.5 Å². The SMILES string of the molecule is CN1CCN(c2ccc(Cl)cc2NC(=O)c2ccc(S(C)=O)cc2)CC1. The van der Waals surface area contributed by atoms with Crippen LogP contribution in [0, 0.1) is 0 Å². The van der Waals surface area contributed by atoms with Crippen molar-refractivity contribution in [2.24, 2.45) is 0 Å². The topological polar surface area (TPSA) is 52.6 Å². The number of nitrogens with one attached hydrogen (secondary N) is 1. The highest BCUT2D eigenvalue weighted by atomic mass is 35.5. The van der Waals surface area contributed by atoms with Crippen molar-refractivity contribution in [3.8, 4) is 0 Å². The Balaban J connectivity index is 1.81. The number of anilines is 2. The maximum Gasteiger partial charge on any atom is 0.255 e. The van der Waals surface area contributed by atoms with E-state index in [1.807, 2.05) is 12.1 Å². The van der Waals surface area contributed by atoms with Crippen LogP contribution in [0.1, 0.15) is 10.4 Å². The molecule has 138 valence electrons. The molecule has 1 saturated heterocycles. The summed E-state index contributed by atoms with van der Waals surface area (Å²) in [4.78, 5) is 17.9. The number of carbonyl (C=O) groups is 1. The first kappa shape index (κ1) is 18.9. The van der Waals surface area contributed by atoms with Crippen molar-refractivity contribution >= 4 is 39.7 Å². The molecule has 1 unspecified atom stereocenters. The minimum atomic E-state index is -1.06. The zero-order valence-electron chi connectivity index (χ0n) is 14.9. The van der Waals surface area contributed by atoms with Gasteiger partial charge in [0.05, 0.1) is 11.4 Å². The summed E-state index contributed by atoms with van der Waals surface area (Å²) in [5.74, 6) is -0.212. The molecular weight excluding hydrogens is 370 g/mol. The maximum atomic E-state index is 12.6. The molecule has 7 heteroatoms. The van der Waals surface area contributed by atoms with Gasteiger partial charge in [0.1, 0.15) is 0 Å². The Kier molecular flexibility index (Phi) is 5.96. The fraction of sp³-hybridized carbons (Fsp3) is 0.316. The van der Waals surface area contributed by atoms with E-state index in [0.29, 0.717) is 21.2 Å². The van der Waals surface area contributed by atoms with E-state index in [2.05, 4.69) is 22.2 Å². The first-order chi connectivity index (χ1) is 12.4. The Labute approximate surface area is 161 Å². The molecule has 1 aliphatic rings. The lowest BCUT2D eigenvalue weighted by Gasteiger charge is -2.35. The van der Waals surface area contributed by atoms with Crippen LogP contribution in [0.15, 0.2) is 47.4 Å². The van der Waals surface area contributed by atoms with Gasteiger partial charge in [-0.2, -0.15) is 0 Å². The summed E-state index contributed by atoms with van der Waals surface area (Å²) in [6.45, 7) is 3.76. The van der Waals surface area contributed by atoms with Crippen molar-refractivity contribution in [3.05, 3.63) is 53.1 Å². The van der Waals surface area contributed by atoms with Crippen LogP contribution in [0.25, 0.3) is 0 Å². The van der Waals surface area contributed by atoms with E-state index < -0.39 is 10.8 Å². The van der Waals surface area contributed by atoms with E-state index in [1.54, 1.807) is 36.6 Å². The van der Waals surface area contributed by atoms with Crippen molar-refractivity contribution in [2.45, 2.75) is 4.90 Å². The van der Waals surface area contributed by atoms with Gasteiger partial charge in [-0.3, -0.25) is 9.00 Å². The van der Waals surface area contributed by atoms with Gasteiger partial charge in [0.2, 0.25) is 0 Å². The highest BCUT2D eigenvalue weighted by Crippen LogP contribution is 2.30. The summed E-state index contributed by atoms with van der Waals surface area (Å²) in [6, 6.07) is 12.4. The zero-order valence-corrected chi connectivity index (χ0v) is 16.4. The van der Waals surface area contributed by atoms with Gasteiger partial charge >= 0.3 is 0 Å². The molecule has 0 spiro atoms. The van der Waals surface area contributed by atoms with Gasteiger partial charge in [0, 0.05) is 58.7 Å². The van der Waals surface area contributed by atoms with E-state index in [9.17, 15) is 9.00 Å². The summed E-state index contributed by atoms with van der Waals surface area (Å²) in [7, 11) is 1.04. The average Bonchev–Trinajstić information content (AvgIpc) is 2.63. The second-order valence-corrected chi connectivity index (χ2v) is 8.20. The standard InChI is InChI=1S/C19H22ClN3O2S/c1-22-9-11-23(12-10-22)18-8-5-15(20)13-17(18)21-19(24)14-3-6-16(7-4-14)26(2)25/h3-8,13H,9-12H2,1-2H3,(H,21,24). The van der Waals surface area contributed by atoms with Gasteiger partial charge < -0.3 is 15.1 Å². The third-order valence-electron chi connectivity index (χ3n) is 4.50. The van der Waals surface area contributed by atoms with Crippen LogP contribution in [0.4, 0.5) is 11.4 Å². The van der Waals surface area contributed by atoms with Crippen LogP contribution >= 0.6 is 11.6 Å². The lowest BCUT2D eigenvalue weighted by molar-refractivity contribution is 0.102. The Hall–Kier alpha value is -1.89. The first-order valence-electron chi connectivity index (χ1n) is 8.42. The van der Waals surface area contributed by atoms with E-state index in [-0.39, 0.29) is 5.91 Å². The number of rotatable bonds is 4. The second-order valence-electron chi connectivity index (χ2n) is 6.38. The van der Waals surface area contributed by atoms with Crippen LogP contribution < -0.4 is 10.2 Å². The number of carbonyl (C=O) groups excluding carboxylic acids is 1. The number of amides is 1. The normalized spacial score (nSPS) is 16.3. The number of nitrogens with zero attached hydrogens (tertiary/aromatic N) is 2. The summed E-state index contributed by atoms with van der Waals surface area (Å²) >= 11 is 6.15. The number of benzene rings is 2. The van der Waals surface area contributed by atoms with Crippen LogP contribution in [-0.2, 0) is 10.8 Å². The van der Waals surface area contributed by atoms with Crippen molar-refractivity contribution < 1.29 is 9.00 Å². The van der Waals surface area contributed by atoms with E-state index >= 15 is 0 Å². The van der Waals surface area contributed by atoms with Crippen LogP contribution in [0.3, 0.4) is 0 Å². The van der Waals surface area contributed by atoms with E-state index in [4.69, 9.17) is 11.6 Å². The van der Waals surface area contributed by atoms with Crippen LogP contribution in [0.2, 0.25) is 5.02 Å². The quantitative estimate of drug-likeness (QED) is 0.870. The molecule has 0 radical (unpaired) electrons. The molecule has 1 amide bonds. The minimum absolute atomic E-state index is 0.212. The Morgan fingerprint density at radius 1 is 1.08 bits per heavy atom. The molecule has 1 heterocycles. The van der Waals surface area contributed by atoms with Crippen LogP contribution in [0.5, 0.6) is 0 Å². The lowest BCUT2D eigenvalue weighted by Crippen LogP contribution is -2.44. The minimum Gasteiger partial charge on any atom is -0.367 e. The predicted molar refractivity (Wildman–Crippen MR) is 108 cm³/mol. The Bertz CT molecular complexity index is 818. The molecule has 0 saturated carbocycles. The van der Waals surface area contributed by atoms with Gasteiger partial charge in [0.15, 0.2) is 0 Å². The third kappa shape index (κ3) is 4.44. The Morgan fingerprint density at radius 3 is 2.35 bits per heavy atom. The molecule has 0 aliphatic carbocycles. The van der Waals surface area contributed by atoms with Crippen molar-refractivity contribution in [1.29, 1.82) is 0 Å². The Morgan fingerprint density at radius 2 is 1.73 bits per heavy atom. The largest absolute Gasteiger partial charge is 0.367 e. The van der Waals surface area contributed by atoms with Crippen molar-refractivity contribution in [3.63, 3.8) is 0 Å². The second kappa shape index (κ2) is 8.20. The average molecular weight is 392 g/mol. The predicted octanol–water partition coefficient (Wildman–Crippen LogP) is 3.08. The molecule has 0 aromatic heterocycles. The summed E-state index contributed by atoms with van der Waals surface area (Å²) < 4.78 is 11.5. The number of hydrogen-bond donors (Lipinski definition) is 1.